The van der Waals surface area contributed by atoms with Crippen molar-refractivity contribution >= 4 is 55.5 Å². The van der Waals surface area contributed by atoms with E-state index in [2.05, 4.69) is 71.9 Å². The van der Waals surface area contributed by atoms with Gasteiger partial charge in [0, 0.05) is 30.0 Å². The third-order valence-corrected chi connectivity index (χ3v) is 8.13. The van der Waals surface area contributed by atoms with Crippen LogP contribution >= 0.6 is 23.1 Å². The number of anilines is 1. The maximum Gasteiger partial charge on any atom is 0.397 e. The van der Waals surface area contributed by atoms with E-state index in [0.29, 0.717) is 13.0 Å². The average molecular weight is 522 g/mol. The molecule has 1 atom stereocenters. The van der Waals surface area contributed by atoms with Crippen molar-refractivity contribution in [3.8, 4) is 0 Å². The lowest BCUT2D eigenvalue weighted by atomic mass is 10.2. The first-order valence-electron chi connectivity index (χ1n) is 10.8. The summed E-state index contributed by atoms with van der Waals surface area (Å²) in [5, 5.41) is 2.28. The molecule has 0 saturated heterocycles. The predicted octanol–water partition coefficient (Wildman–Crippen LogP) is 4.84. The summed E-state index contributed by atoms with van der Waals surface area (Å²) in [5.74, 6) is 0. The number of aryl methyl sites for hydroxylation is 1. The van der Waals surface area contributed by atoms with Gasteiger partial charge in [-0.05, 0) is 50.6 Å². The van der Waals surface area contributed by atoms with E-state index in [0.717, 1.165) is 27.3 Å². The van der Waals surface area contributed by atoms with Gasteiger partial charge in [-0.2, -0.15) is 13.0 Å². The van der Waals surface area contributed by atoms with Gasteiger partial charge in [0.15, 0.2) is 6.54 Å². The number of benzene rings is 2. The molecule has 0 amide bonds. The van der Waals surface area contributed by atoms with E-state index in [-0.39, 0.29) is 5.48 Å². The number of aromatic nitrogens is 1. The molecular formula is C24H29N2O5S3+. The van der Waals surface area contributed by atoms with Crippen LogP contribution in [-0.2, 0) is 21.1 Å². The van der Waals surface area contributed by atoms with Gasteiger partial charge in [0.05, 0.1) is 16.8 Å². The maximum atomic E-state index is 11.0. The van der Waals surface area contributed by atoms with Crippen LogP contribution in [0.1, 0.15) is 32.2 Å². The van der Waals surface area contributed by atoms with E-state index in [1.54, 1.807) is 30.0 Å². The minimum Gasteiger partial charge on any atom is -0.412 e. The number of allylic oxidation sites excluding steroid dienone is 2. The smallest absolute Gasteiger partial charge is 0.397 e. The summed E-state index contributed by atoms with van der Waals surface area (Å²) in [6.45, 7) is 7.37. The Morgan fingerprint density at radius 3 is 2.65 bits per heavy atom. The molecule has 1 unspecified atom stereocenters. The Bertz CT molecular complexity index is 1330. The molecule has 1 aliphatic heterocycles. The Morgan fingerprint density at radius 2 is 1.91 bits per heavy atom. The highest BCUT2D eigenvalue weighted by molar-refractivity contribution is 8.03. The molecule has 182 valence electrons. The van der Waals surface area contributed by atoms with Crippen LogP contribution < -0.4 is 9.47 Å². The van der Waals surface area contributed by atoms with Crippen LogP contribution in [0.2, 0.25) is 0 Å². The van der Waals surface area contributed by atoms with Gasteiger partial charge in [-0.1, -0.05) is 47.4 Å². The van der Waals surface area contributed by atoms with Gasteiger partial charge in [0.2, 0.25) is 5.52 Å². The molecule has 34 heavy (non-hydrogen) atoms. The molecule has 2 aromatic carbocycles. The monoisotopic (exact) mass is 521 g/mol. The van der Waals surface area contributed by atoms with Gasteiger partial charge < -0.3 is 10.4 Å². The maximum absolute atomic E-state index is 11.0. The first-order chi connectivity index (χ1) is 15.7. The van der Waals surface area contributed by atoms with Crippen molar-refractivity contribution < 1.29 is 27.2 Å². The number of para-hydroxylation sites is 2. The number of hydrogen-bond donors (Lipinski definition) is 1. The summed E-state index contributed by atoms with van der Waals surface area (Å²) in [5.41, 5.74) is 3.46. The summed E-state index contributed by atoms with van der Waals surface area (Å²) in [4.78, 5) is 3.59. The zero-order valence-corrected chi connectivity index (χ0v) is 21.7. The van der Waals surface area contributed by atoms with Gasteiger partial charge in [-0.15, -0.1) is 0 Å². The molecule has 1 aliphatic rings. The molecule has 0 saturated carbocycles. The third kappa shape index (κ3) is 6.07. The van der Waals surface area contributed by atoms with Crippen molar-refractivity contribution in [3.05, 3.63) is 70.2 Å². The number of hydrogen-bond acceptors (Lipinski definition) is 6. The van der Waals surface area contributed by atoms with E-state index in [4.69, 9.17) is 8.74 Å². The Labute approximate surface area is 208 Å². The van der Waals surface area contributed by atoms with Crippen molar-refractivity contribution in [2.24, 2.45) is 0 Å². The predicted molar refractivity (Wildman–Crippen MR) is 139 cm³/mol. The van der Waals surface area contributed by atoms with Crippen molar-refractivity contribution in [2.75, 3.05) is 11.4 Å². The molecule has 0 radical (unpaired) electrons. The summed E-state index contributed by atoms with van der Waals surface area (Å²) < 4.78 is 39.1. The molecule has 1 aromatic heterocycles. The second-order valence-corrected chi connectivity index (χ2v) is 11.0. The first-order valence-corrected chi connectivity index (χ1v) is 13.8. The second-order valence-electron chi connectivity index (χ2n) is 7.87. The molecule has 0 spiro atoms. The van der Waals surface area contributed by atoms with Crippen LogP contribution in [0.3, 0.4) is 0 Å². The number of fused-ring (bicyclic) bond motifs is 2. The van der Waals surface area contributed by atoms with Crippen LogP contribution in [0.5, 0.6) is 0 Å². The number of rotatable bonds is 8. The molecular weight excluding hydrogens is 492 g/mol. The topological polar surface area (TPSA) is 102 Å². The highest BCUT2D eigenvalue weighted by atomic mass is 32.3. The number of nitrogens with zero attached hydrogens (tertiary/aromatic N) is 2. The van der Waals surface area contributed by atoms with E-state index in [1.807, 2.05) is 12.1 Å². The van der Waals surface area contributed by atoms with Crippen LogP contribution in [0.4, 0.5) is 5.69 Å². The van der Waals surface area contributed by atoms with Crippen molar-refractivity contribution in [2.45, 2.75) is 44.7 Å². The highest BCUT2D eigenvalue weighted by Crippen LogP contribution is 2.45. The second kappa shape index (κ2) is 11.0. The van der Waals surface area contributed by atoms with Gasteiger partial charge in [-0.3, -0.25) is 4.55 Å². The first kappa shape index (κ1) is 26.4. The lowest BCUT2D eigenvalue weighted by Gasteiger charge is -2.17. The highest BCUT2D eigenvalue weighted by Gasteiger charge is 2.24. The van der Waals surface area contributed by atoms with Crippen LogP contribution in [-0.4, -0.2) is 31.1 Å². The lowest BCUT2D eigenvalue weighted by Crippen LogP contribution is -2.37. The fourth-order valence-corrected chi connectivity index (χ4v) is 6.82. The minimum atomic E-state index is -4.46. The summed E-state index contributed by atoms with van der Waals surface area (Å²) >= 11 is 3.48. The molecule has 7 nitrogen and oxygen atoms in total. The Balaban J connectivity index is 0.00000324. The summed E-state index contributed by atoms with van der Waals surface area (Å²) in [6, 6.07) is 16.6. The standard InChI is InChI=1S/C24H26N2O4S3.H2O/c1-4-25-19-9-5-7-11-21(19)31-23(25)15-17(2)16-24-26(14-13-18(3)30-33(27,28)29)20-10-6-8-12-22(20)32-24;/h5-12,15-16,18H,4,13-14H2,1-3H3;1H2/p+1. The van der Waals surface area contributed by atoms with Crippen molar-refractivity contribution in [1.29, 1.82) is 0 Å². The Morgan fingerprint density at radius 1 is 1.21 bits per heavy atom. The molecule has 3 aromatic rings. The Kier molecular flexibility index (Phi) is 8.56. The molecule has 10 heteroatoms. The van der Waals surface area contributed by atoms with E-state index in [1.165, 1.54) is 15.6 Å². The fourth-order valence-electron chi connectivity index (χ4n) is 3.88. The van der Waals surface area contributed by atoms with Gasteiger partial charge in [0.1, 0.15) is 4.70 Å². The zero-order valence-electron chi connectivity index (χ0n) is 19.3. The van der Waals surface area contributed by atoms with Gasteiger partial charge >= 0.3 is 10.4 Å². The summed E-state index contributed by atoms with van der Waals surface area (Å²) in [6.07, 6.45) is 4.20. The van der Waals surface area contributed by atoms with Crippen molar-refractivity contribution in [1.82, 2.24) is 0 Å². The normalized spacial score (nSPS) is 16.1. The van der Waals surface area contributed by atoms with E-state index < -0.39 is 16.5 Å². The number of thioether (sulfide) groups is 1. The molecule has 0 fully saturated rings. The average Bonchev–Trinajstić information content (AvgIpc) is 3.27. The van der Waals surface area contributed by atoms with Gasteiger partial charge in [-0.25, -0.2) is 4.18 Å². The largest absolute Gasteiger partial charge is 0.412 e. The van der Waals surface area contributed by atoms with Crippen LogP contribution in [0.15, 0.2) is 70.1 Å². The zero-order chi connectivity index (χ0) is 23.6. The van der Waals surface area contributed by atoms with Crippen LogP contribution in [0.25, 0.3) is 16.3 Å². The van der Waals surface area contributed by atoms with Crippen molar-refractivity contribution in [3.63, 3.8) is 0 Å². The molecule has 4 rings (SSSR count). The fraction of sp³-hybridized carbons (Fsp3) is 0.292. The SMILES string of the molecule is CCN1/C(=C\C(C)=C\c2sc3ccccc3[n+]2CCC(C)OS(=O)(=O)O)Sc2ccccc21.O. The lowest BCUT2D eigenvalue weighted by molar-refractivity contribution is -0.670. The number of thiazole rings is 1. The van der Waals surface area contributed by atoms with Gasteiger partial charge in [0.25, 0.3) is 5.01 Å². The molecule has 0 aliphatic carbocycles. The summed E-state index contributed by atoms with van der Waals surface area (Å²) in [7, 11) is -4.46. The molecule has 2 heterocycles. The Hall–Kier alpha value is -2.21. The van der Waals surface area contributed by atoms with E-state index in [9.17, 15) is 8.42 Å². The van der Waals surface area contributed by atoms with Crippen LogP contribution in [0, 0.1) is 0 Å². The molecule has 0 bridgehead atoms. The third-order valence-electron chi connectivity index (χ3n) is 5.34. The van der Waals surface area contributed by atoms with E-state index >= 15 is 0 Å². The quantitative estimate of drug-likeness (QED) is 0.336. The minimum absolute atomic E-state index is 0. The molecule has 3 N–H and O–H groups in total.